The van der Waals surface area contributed by atoms with E-state index in [0.717, 1.165) is 13.3 Å². The molecule has 4 nitrogen and oxygen atoms in total. The predicted octanol–water partition coefficient (Wildman–Crippen LogP) is 2.26. The predicted molar refractivity (Wildman–Crippen MR) is 53.5 cm³/mol. The third kappa shape index (κ3) is 2.41. The molecule has 0 unspecified atom stereocenters. The van der Waals surface area contributed by atoms with Gasteiger partial charge in [0.25, 0.3) is 15.5 Å². The van der Waals surface area contributed by atoms with E-state index in [1.54, 1.807) is 0 Å². The van der Waals surface area contributed by atoms with Crippen molar-refractivity contribution in [3.05, 3.63) is 17.5 Å². The van der Waals surface area contributed by atoms with Crippen molar-refractivity contribution in [2.75, 3.05) is 7.11 Å². The SMILES string of the molecule is COc1cnc(C)c(C(F)F)c1S(=O)(=O)Cl. The van der Waals surface area contributed by atoms with Crippen LogP contribution >= 0.6 is 10.7 Å². The smallest absolute Gasteiger partial charge is 0.267 e. The van der Waals surface area contributed by atoms with E-state index < -0.39 is 25.9 Å². The maximum Gasteiger partial charge on any atom is 0.267 e. The number of pyridine rings is 1. The zero-order valence-electron chi connectivity index (χ0n) is 8.37. The van der Waals surface area contributed by atoms with Gasteiger partial charge in [0.1, 0.15) is 4.90 Å². The van der Waals surface area contributed by atoms with Gasteiger partial charge in [0, 0.05) is 16.4 Å². The first-order chi connectivity index (χ1) is 7.29. The van der Waals surface area contributed by atoms with Crippen molar-refractivity contribution in [1.82, 2.24) is 4.98 Å². The van der Waals surface area contributed by atoms with Gasteiger partial charge in [0.05, 0.1) is 18.9 Å². The van der Waals surface area contributed by atoms with Crippen LogP contribution in [0.1, 0.15) is 17.7 Å². The van der Waals surface area contributed by atoms with Crippen LogP contribution in [-0.2, 0) is 9.05 Å². The lowest BCUT2D eigenvalue weighted by molar-refractivity contribution is 0.145. The summed E-state index contributed by atoms with van der Waals surface area (Å²) in [5, 5.41) is 0. The van der Waals surface area contributed by atoms with E-state index in [0.29, 0.717) is 0 Å². The highest BCUT2D eigenvalue weighted by molar-refractivity contribution is 8.13. The summed E-state index contributed by atoms with van der Waals surface area (Å²) in [7, 11) is 1.92. The summed E-state index contributed by atoms with van der Waals surface area (Å²) >= 11 is 0. The molecule has 1 aromatic rings. The van der Waals surface area contributed by atoms with Crippen molar-refractivity contribution < 1.29 is 21.9 Å². The summed E-state index contributed by atoms with van der Waals surface area (Å²) in [5.41, 5.74) is -0.829. The van der Waals surface area contributed by atoms with Crippen LogP contribution in [0.5, 0.6) is 5.75 Å². The van der Waals surface area contributed by atoms with Gasteiger partial charge in [-0.2, -0.15) is 0 Å². The van der Waals surface area contributed by atoms with E-state index in [1.165, 1.54) is 6.92 Å². The van der Waals surface area contributed by atoms with Gasteiger partial charge in [-0.1, -0.05) is 0 Å². The number of aryl methyl sites for hydroxylation is 1. The molecule has 0 fully saturated rings. The molecule has 0 atom stereocenters. The second-order valence-corrected chi connectivity index (χ2v) is 5.40. The molecule has 1 heterocycles. The van der Waals surface area contributed by atoms with E-state index in [4.69, 9.17) is 10.7 Å². The Morgan fingerprint density at radius 3 is 2.44 bits per heavy atom. The number of hydrogen-bond donors (Lipinski definition) is 0. The van der Waals surface area contributed by atoms with Gasteiger partial charge in [-0.3, -0.25) is 4.98 Å². The largest absolute Gasteiger partial charge is 0.494 e. The lowest BCUT2D eigenvalue weighted by Gasteiger charge is -2.12. The van der Waals surface area contributed by atoms with E-state index >= 15 is 0 Å². The highest BCUT2D eigenvalue weighted by Crippen LogP contribution is 2.36. The van der Waals surface area contributed by atoms with Crippen LogP contribution in [0, 0.1) is 6.92 Å². The average molecular weight is 272 g/mol. The van der Waals surface area contributed by atoms with Crippen molar-refractivity contribution in [1.29, 1.82) is 0 Å². The minimum Gasteiger partial charge on any atom is -0.494 e. The van der Waals surface area contributed by atoms with Gasteiger partial charge in [-0.05, 0) is 6.92 Å². The third-order valence-corrected chi connectivity index (χ3v) is 3.29. The van der Waals surface area contributed by atoms with Gasteiger partial charge in [0.15, 0.2) is 5.75 Å². The van der Waals surface area contributed by atoms with E-state index in [1.807, 2.05) is 0 Å². The Balaban J connectivity index is 3.70. The monoisotopic (exact) mass is 271 g/mol. The molecule has 0 radical (unpaired) electrons. The zero-order chi connectivity index (χ0) is 12.5. The molecule has 90 valence electrons. The fourth-order valence-electron chi connectivity index (χ4n) is 1.23. The van der Waals surface area contributed by atoms with Crippen LogP contribution in [0.2, 0.25) is 0 Å². The lowest BCUT2D eigenvalue weighted by Crippen LogP contribution is -2.06. The van der Waals surface area contributed by atoms with Gasteiger partial charge >= 0.3 is 0 Å². The average Bonchev–Trinajstić information content (AvgIpc) is 2.15. The first-order valence-electron chi connectivity index (χ1n) is 4.05. The summed E-state index contributed by atoms with van der Waals surface area (Å²) in [4.78, 5) is 2.89. The van der Waals surface area contributed by atoms with Gasteiger partial charge in [0.2, 0.25) is 0 Å². The number of alkyl halides is 2. The topological polar surface area (TPSA) is 56.3 Å². The van der Waals surface area contributed by atoms with Crippen molar-refractivity contribution in [3.63, 3.8) is 0 Å². The van der Waals surface area contributed by atoms with Crippen molar-refractivity contribution in [2.45, 2.75) is 18.2 Å². The molecule has 0 aliphatic heterocycles. The minimum atomic E-state index is -4.32. The molecule has 16 heavy (non-hydrogen) atoms. The summed E-state index contributed by atoms with van der Waals surface area (Å²) in [6.45, 7) is 1.27. The normalized spacial score (nSPS) is 11.9. The van der Waals surface area contributed by atoms with Gasteiger partial charge in [-0.15, -0.1) is 0 Å². The minimum absolute atomic E-state index is 0.102. The number of aromatic nitrogens is 1. The van der Waals surface area contributed by atoms with Crippen LogP contribution in [0.3, 0.4) is 0 Å². The Kier molecular flexibility index (Phi) is 3.69. The molecule has 0 aromatic carbocycles. The lowest BCUT2D eigenvalue weighted by atomic mass is 10.2. The van der Waals surface area contributed by atoms with Crippen molar-refractivity contribution >= 4 is 19.7 Å². The van der Waals surface area contributed by atoms with Gasteiger partial charge < -0.3 is 4.74 Å². The molecule has 0 saturated carbocycles. The molecular formula is C8H8ClF2NO3S. The molecule has 1 rings (SSSR count). The van der Waals surface area contributed by atoms with E-state index in [9.17, 15) is 17.2 Å². The van der Waals surface area contributed by atoms with E-state index in [-0.39, 0.29) is 11.4 Å². The number of rotatable bonds is 3. The van der Waals surface area contributed by atoms with E-state index in [2.05, 4.69) is 9.72 Å². The maximum atomic E-state index is 12.7. The molecule has 0 spiro atoms. The quantitative estimate of drug-likeness (QED) is 0.792. The van der Waals surface area contributed by atoms with Crippen molar-refractivity contribution in [3.8, 4) is 5.75 Å². The maximum absolute atomic E-state index is 12.7. The third-order valence-electron chi connectivity index (χ3n) is 1.92. The van der Waals surface area contributed by atoms with Crippen LogP contribution in [0.4, 0.5) is 8.78 Å². The molecule has 0 saturated heterocycles. The Morgan fingerprint density at radius 1 is 1.50 bits per heavy atom. The zero-order valence-corrected chi connectivity index (χ0v) is 9.94. The first-order valence-corrected chi connectivity index (χ1v) is 6.36. The Bertz CT molecular complexity index is 504. The molecule has 0 aliphatic carbocycles. The van der Waals surface area contributed by atoms with Crippen molar-refractivity contribution in [2.24, 2.45) is 0 Å². The van der Waals surface area contributed by atoms with Gasteiger partial charge in [-0.25, -0.2) is 17.2 Å². The highest BCUT2D eigenvalue weighted by atomic mass is 35.7. The van der Waals surface area contributed by atoms with Crippen LogP contribution < -0.4 is 4.74 Å². The first kappa shape index (κ1) is 13.1. The second kappa shape index (κ2) is 4.50. The van der Waals surface area contributed by atoms with Crippen LogP contribution in [0.25, 0.3) is 0 Å². The summed E-state index contributed by atoms with van der Waals surface area (Å²) in [5.74, 6) is -0.295. The number of halogens is 3. The molecule has 0 N–H and O–H groups in total. The van der Waals surface area contributed by atoms with Crippen LogP contribution in [-0.4, -0.2) is 20.5 Å². The molecule has 8 heteroatoms. The number of hydrogen-bond acceptors (Lipinski definition) is 4. The summed E-state index contributed by atoms with van der Waals surface area (Å²) in [6, 6.07) is 0. The summed E-state index contributed by atoms with van der Waals surface area (Å²) in [6.07, 6.45) is -1.96. The fraction of sp³-hybridized carbons (Fsp3) is 0.375. The fourth-order valence-corrected chi connectivity index (χ4v) is 2.59. The number of ether oxygens (including phenoxy) is 1. The molecule has 0 aliphatic rings. The second-order valence-electron chi connectivity index (χ2n) is 2.89. The Hall–Kier alpha value is -0.950. The number of methoxy groups -OCH3 is 1. The van der Waals surface area contributed by atoms with Crippen LogP contribution in [0.15, 0.2) is 11.1 Å². The standard InChI is InChI=1S/C8H8ClF2NO3S/c1-4-6(8(10)11)7(16(9,13)14)5(15-2)3-12-4/h3,8H,1-2H3. The Labute approximate surface area is 95.6 Å². The summed E-state index contributed by atoms with van der Waals surface area (Å²) < 4.78 is 52.5. The highest BCUT2D eigenvalue weighted by Gasteiger charge is 2.28. The molecule has 1 aromatic heterocycles. The molecule has 0 bridgehead atoms. The molecule has 0 amide bonds. The number of nitrogens with zero attached hydrogens (tertiary/aromatic N) is 1. The Morgan fingerprint density at radius 2 is 2.06 bits per heavy atom. The molecular weight excluding hydrogens is 264 g/mol.